The zero-order valence-electron chi connectivity index (χ0n) is 40.6. The molecule has 6 aromatic carbocycles. The minimum atomic E-state index is -1.02. The number of rotatable bonds is 18. The molecule has 2 heterocycles. The summed E-state index contributed by atoms with van der Waals surface area (Å²) in [6.07, 6.45) is 3.04. The van der Waals surface area contributed by atoms with Crippen molar-refractivity contribution in [3.63, 3.8) is 0 Å². The van der Waals surface area contributed by atoms with E-state index in [9.17, 15) is 33.1 Å². The number of hydrogen-bond acceptors (Lipinski definition) is 8. The number of likely N-dealkylation sites (tertiary alicyclic amines) is 2. The molecule has 4 atom stereocenters. The van der Waals surface area contributed by atoms with Gasteiger partial charge in [0.05, 0.1) is 31.2 Å². The van der Waals surface area contributed by atoms with Crippen LogP contribution in [0, 0.1) is 11.6 Å². The number of carboxylic acid groups (broad SMARTS) is 1. The molecule has 0 bridgehead atoms. The molecule has 0 saturated carbocycles. The molecule has 12 nitrogen and oxygen atoms in total. The molecular formula is C58H65F2LiN2O10. The Morgan fingerprint density at radius 2 is 0.863 bits per heavy atom. The Morgan fingerprint density at radius 3 is 1.18 bits per heavy atom. The maximum absolute atomic E-state index is 13.9. The number of carboxylic acids is 1. The first-order chi connectivity index (χ1) is 33.6. The van der Waals surface area contributed by atoms with Crippen molar-refractivity contribution in [1.29, 1.82) is 0 Å². The summed E-state index contributed by atoms with van der Waals surface area (Å²) in [5.41, 5.74) is 5.45. The minimum Gasteiger partial charge on any atom is -0.870 e. The molecule has 0 unspecified atom stereocenters. The molecule has 4 N–H and O–H groups in total. The van der Waals surface area contributed by atoms with Crippen molar-refractivity contribution < 1.29 is 77.1 Å². The molecule has 0 aliphatic carbocycles. The minimum absolute atomic E-state index is 0. The fourth-order valence-electron chi connectivity index (χ4n) is 9.14. The summed E-state index contributed by atoms with van der Waals surface area (Å²) < 4.78 is 43.2. The van der Waals surface area contributed by atoms with E-state index in [1.165, 1.54) is 36.3 Å². The Bertz CT molecular complexity index is 2490. The maximum Gasteiger partial charge on any atom is 1.00 e. The summed E-state index contributed by atoms with van der Waals surface area (Å²) in [6, 6.07) is 49.3. The van der Waals surface area contributed by atoms with Gasteiger partial charge in [-0.2, -0.15) is 0 Å². The first-order valence-electron chi connectivity index (χ1n) is 23.4. The second-order valence-electron chi connectivity index (χ2n) is 17.3. The monoisotopic (exact) mass is 994 g/mol. The molecule has 0 aromatic heterocycles. The molecule has 6 aromatic rings. The predicted molar refractivity (Wildman–Crippen MR) is 271 cm³/mol. The van der Waals surface area contributed by atoms with E-state index in [0.29, 0.717) is 26.2 Å². The van der Waals surface area contributed by atoms with Gasteiger partial charge in [0, 0.05) is 39.1 Å². The Labute approximate surface area is 439 Å². The van der Waals surface area contributed by atoms with Crippen LogP contribution in [-0.2, 0) is 46.2 Å². The smallest absolute Gasteiger partial charge is 0.870 e. The summed E-state index contributed by atoms with van der Waals surface area (Å²) in [5, 5.41) is 9.84. The number of carbonyl (C=O) groups excluding carboxylic acids is 3. The quantitative estimate of drug-likeness (QED) is 0.0609. The second-order valence-corrected chi connectivity index (χ2v) is 17.3. The number of aryl methyl sites for hydroxylation is 2. The van der Waals surface area contributed by atoms with E-state index >= 15 is 0 Å². The van der Waals surface area contributed by atoms with Crippen molar-refractivity contribution in [2.45, 2.75) is 82.1 Å². The summed E-state index contributed by atoms with van der Waals surface area (Å²) >= 11 is 0. The first-order valence-corrected chi connectivity index (χ1v) is 23.4. The van der Waals surface area contributed by atoms with Gasteiger partial charge in [0.25, 0.3) is 0 Å². The van der Waals surface area contributed by atoms with Crippen molar-refractivity contribution >= 4 is 23.8 Å². The Morgan fingerprint density at radius 1 is 0.548 bits per heavy atom. The molecule has 8 rings (SSSR count). The fourth-order valence-corrected chi connectivity index (χ4v) is 9.14. The fraction of sp³-hybridized carbons (Fsp3) is 0.310. The molecule has 2 saturated heterocycles. The van der Waals surface area contributed by atoms with Gasteiger partial charge in [-0.1, -0.05) is 153 Å². The number of ether oxygens (including phenoxy) is 3. The number of amides is 2. The number of aliphatic carboxylic acids is 1. The van der Waals surface area contributed by atoms with Crippen molar-refractivity contribution in [2.75, 3.05) is 33.4 Å². The third-order valence-electron chi connectivity index (χ3n) is 12.6. The van der Waals surface area contributed by atoms with E-state index in [-0.39, 0.29) is 85.9 Å². The molecule has 15 heteroatoms. The van der Waals surface area contributed by atoms with Gasteiger partial charge in [0.15, 0.2) is 0 Å². The predicted octanol–water partition coefficient (Wildman–Crippen LogP) is 6.05. The Balaban J connectivity index is 0.000000365. The molecule has 2 aliphatic rings. The second kappa shape index (κ2) is 30.5. The molecule has 2 fully saturated rings. The number of hydrogen-bond donors (Lipinski definition) is 1. The average molecular weight is 995 g/mol. The van der Waals surface area contributed by atoms with E-state index in [4.69, 9.17) is 14.2 Å². The summed E-state index contributed by atoms with van der Waals surface area (Å²) in [7, 11) is 1.34. The molecule has 2 aliphatic heterocycles. The third kappa shape index (κ3) is 16.8. The van der Waals surface area contributed by atoms with E-state index in [1.807, 2.05) is 121 Å². The summed E-state index contributed by atoms with van der Waals surface area (Å²) in [6.45, 7) is 1.49. The first kappa shape index (κ1) is 60.8. The Kier molecular flexibility index (Phi) is 25.4. The zero-order valence-corrected chi connectivity index (χ0v) is 40.6. The van der Waals surface area contributed by atoms with Gasteiger partial charge < -0.3 is 40.1 Å². The largest absolute Gasteiger partial charge is 1.00 e. The average Bonchev–Trinajstić information content (AvgIpc) is 4.02. The van der Waals surface area contributed by atoms with Gasteiger partial charge in [-0.25, -0.2) is 18.4 Å². The maximum atomic E-state index is 13.9. The molecular weight excluding hydrogens is 930 g/mol. The van der Waals surface area contributed by atoms with Gasteiger partial charge in [0.1, 0.15) is 23.7 Å². The number of esters is 1. The summed E-state index contributed by atoms with van der Waals surface area (Å²) in [4.78, 5) is 55.3. The van der Waals surface area contributed by atoms with Crippen LogP contribution in [0.3, 0.4) is 0 Å². The number of halogens is 2. The van der Waals surface area contributed by atoms with Crippen LogP contribution in [0.5, 0.6) is 0 Å². The van der Waals surface area contributed by atoms with Gasteiger partial charge >= 0.3 is 30.8 Å². The van der Waals surface area contributed by atoms with Gasteiger partial charge in [-0.3, -0.25) is 9.59 Å². The standard InChI is InChI=1S/C29H30FNO4.C28H28FNO4.CH4.Li.2H2O/c1-34-29(33)26-19-25(35-18-8-9-21-14-16-24(30)17-15-21)20-31(26)28(32)27(22-10-4-2-5-11-22)23-12-6-3-7-13-23;29-23-15-13-20(14-16-23)8-7-17-34-24-18-25(28(32)33)30(19-24)27(31)26(21-9-3-1-4-10-21)22-11-5-2-6-12-22;;;;/h2-7,10-17,25-27H,8-9,18-20H2,1H3;1-6,9-16,24-26H,7-8,17-19H2,(H,32,33);1H4;;2*1H2/q;;;+1;;/p-1/t25-,26-;24-,25-;;;;/m00..../s1. The van der Waals surface area contributed by atoms with Gasteiger partial charge in [-0.05, 0) is 83.3 Å². The van der Waals surface area contributed by atoms with E-state index in [2.05, 4.69) is 0 Å². The number of methoxy groups -OCH3 is 1. The number of carbonyl (C=O) groups is 4. The van der Waals surface area contributed by atoms with Crippen molar-refractivity contribution in [3.05, 3.63) is 215 Å². The van der Waals surface area contributed by atoms with Crippen molar-refractivity contribution in [3.8, 4) is 0 Å². The SMILES string of the molecule is C.COC(=O)[C@@H]1C[C@H](OCCCc2ccc(F)cc2)CN1C(=O)C(c1ccccc1)c1ccccc1.O.O=C(O)[C@@H]1C[C@H](OCCCc2ccc(F)cc2)CN1C(=O)C(c1ccccc1)c1ccccc1.[Li+].[OH-]. The molecule has 73 heavy (non-hydrogen) atoms. The van der Waals surface area contributed by atoms with Gasteiger partial charge in [-0.15, -0.1) is 0 Å². The number of nitrogens with zero attached hydrogens (tertiary/aromatic N) is 2. The normalized spacial score (nSPS) is 16.7. The van der Waals surface area contributed by atoms with E-state index in [0.717, 1.165) is 59.1 Å². The zero-order chi connectivity index (χ0) is 48.5. The molecule has 0 spiro atoms. The van der Waals surface area contributed by atoms with Gasteiger partial charge in [0.2, 0.25) is 11.8 Å². The van der Waals surface area contributed by atoms with Crippen LogP contribution < -0.4 is 18.9 Å². The van der Waals surface area contributed by atoms with Crippen molar-refractivity contribution in [1.82, 2.24) is 9.80 Å². The van der Waals surface area contributed by atoms with Crippen LogP contribution in [0.15, 0.2) is 170 Å². The molecule has 382 valence electrons. The van der Waals surface area contributed by atoms with E-state index < -0.39 is 35.9 Å². The van der Waals surface area contributed by atoms with Crippen LogP contribution in [0.2, 0.25) is 0 Å². The van der Waals surface area contributed by atoms with E-state index in [1.54, 1.807) is 29.2 Å². The Hall–Kier alpha value is -6.50. The van der Waals surface area contributed by atoms with Crippen LogP contribution in [0.1, 0.15) is 78.3 Å². The van der Waals surface area contributed by atoms with Crippen LogP contribution in [0.25, 0.3) is 0 Å². The third-order valence-corrected chi connectivity index (χ3v) is 12.6. The van der Waals surface area contributed by atoms with Crippen LogP contribution >= 0.6 is 0 Å². The molecule has 0 radical (unpaired) electrons. The van der Waals surface area contributed by atoms with Crippen LogP contribution in [-0.4, -0.2) is 107 Å². The number of benzene rings is 6. The van der Waals surface area contributed by atoms with Crippen LogP contribution in [0.4, 0.5) is 8.78 Å². The summed E-state index contributed by atoms with van der Waals surface area (Å²) in [5.74, 6) is -3.46. The molecule has 2 amide bonds. The topological polar surface area (TPSA) is 184 Å². The van der Waals surface area contributed by atoms with Crippen molar-refractivity contribution in [2.24, 2.45) is 0 Å².